The van der Waals surface area contributed by atoms with E-state index in [1.807, 2.05) is 6.92 Å². The van der Waals surface area contributed by atoms with E-state index in [1.54, 1.807) is 25.1 Å². The Hall–Kier alpha value is -2.04. The first kappa shape index (κ1) is 16.0. The van der Waals surface area contributed by atoms with E-state index >= 15 is 0 Å². The van der Waals surface area contributed by atoms with Crippen LogP contribution < -0.4 is 4.74 Å². The molecule has 0 atom stereocenters. The third-order valence-corrected chi connectivity index (χ3v) is 2.71. The summed E-state index contributed by atoms with van der Waals surface area (Å²) in [5.74, 6) is -0.0440. The van der Waals surface area contributed by atoms with Crippen LogP contribution in [0.25, 0.3) is 0 Å². The summed E-state index contributed by atoms with van der Waals surface area (Å²) in [5, 5.41) is 0. The van der Waals surface area contributed by atoms with Gasteiger partial charge < -0.3 is 14.2 Å². The molecule has 1 rings (SSSR count). The Labute approximate surface area is 118 Å². The van der Waals surface area contributed by atoms with Gasteiger partial charge in [-0.15, -0.1) is 0 Å². The molecule has 0 aliphatic heterocycles. The molecule has 20 heavy (non-hydrogen) atoms. The highest BCUT2D eigenvalue weighted by Gasteiger charge is 2.14. The number of ether oxygens (including phenoxy) is 3. The molecule has 0 fully saturated rings. The molecule has 1 aromatic carbocycles. The third-order valence-electron chi connectivity index (χ3n) is 2.71. The molecule has 0 unspecified atom stereocenters. The summed E-state index contributed by atoms with van der Waals surface area (Å²) in [4.78, 5) is 23.1. The molecule has 5 heteroatoms. The van der Waals surface area contributed by atoms with Gasteiger partial charge in [0.05, 0.1) is 25.9 Å². The van der Waals surface area contributed by atoms with Gasteiger partial charge in [0.1, 0.15) is 5.75 Å². The van der Waals surface area contributed by atoms with Gasteiger partial charge in [-0.25, -0.2) is 4.79 Å². The Kier molecular flexibility index (Phi) is 6.56. The lowest BCUT2D eigenvalue weighted by Gasteiger charge is -2.11. The molecule has 0 spiro atoms. The van der Waals surface area contributed by atoms with Gasteiger partial charge in [-0.2, -0.15) is 0 Å². The van der Waals surface area contributed by atoms with Crippen molar-refractivity contribution in [3.8, 4) is 5.75 Å². The standard InChI is InChI=1S/C15H20O5/c1-4-19-12-7-8-13(15(17)20-5-2)11(10-12)6-9-14(16)18-3/h7-8,10H,4-6,9H2,1-3H3. The molecule has 0 heterocycles. The SMILES string of the molecule is CCOC(=O)c1ccc(OCC)cc1CCC(=O)OC. The number of aryl methyl sites for hydroxylation is 1. The van der Waals surface area contributed by atoms with Crippen LogP contribution in [0.4, 0.5) is 0 Å². The van der Waals surface area contributed by atoms with Gasteiger partial charge in [-0.3, -0.25) is 4.79 Å². The summed E-state index contributed by atoms with van der Waals surface area (Å²) in [6.45, 7) is 4.48. The van der Waals surface area contributed by atoms with Crippen molar-refractivity contribution >= 4 is 11.9 Å². The van der Waals surface area contributed by atoms with Crippen molar-refractivity contribution in [1.82, 2.24) is 0 Å². The maximum absolute atomic E-state index is 11.9. The fourth-order valence-electron chi connectivity index (χ4n) is 1.78. The van der Waals surface area contributed by atoms with E-state index in [-0.39, 0.29) is 12.4 Å². The molecule has 0 amide bonds. The quantitative estimate of drug-likeness (QED) is 0.717. The lowest BCUT2D eigenvalue weighted by molar-refractivity contribution is -0.140. The van der Waals surface area contributed by atoms with Gasteiger partial charge in [0.25, 0.3) is 0 Å². The van der Waals surface area contributed by atoms with Crippen LogP contribution in [-0.2, 0) is 20.7 Å². The third kappa shape index (κ3) is 4.57. The minimum Gasteiger partial charge on any atom is -0.494 e. The van der Waals surface area contributed by atoms with Crippen molar-refractivity contribution in [3.63, 3.8) is 0 Å². The van der Waals surface area contributed by atoms with Crippen LogP contribution in [0, 0.1) is 0 Å². The predicted octanol–water partition coefficient (Wildman–Crippen LogP) is 2.37. The van der Waals surface area contributed by atoms with Crippen LogP contribution in [0.1, 0.15) is 36.2 Å². The van der Waals surface area contributed by atoms with Crippen molar-refractivity contribution in [3.05, 3.63) is 29.3 Å². The fraction of sp³-hybridized carbons (Fsp3) is 0.467. The van der Waals surface area contributed by atoms with E-state index in [9.17, 15) is 9.59 Å². The number of carbonyl (C=O) groups is 2. The van der Waals surface area contributed by atoms with Crippen LogP contribution in [0.5, 0.6) is 5.75 Å². The second-order valence-corrected chi connectivity index (χ2v) is 4.05. The molecule has 0 radical (unpaired) electrons. The van der Waals surface area contributed by atoms with E-state index in [0.717, 1.165) is 5.56 Å². The molecule has 0 saturated carbocycles. The van der Waals surface area contributed by atoms with Crippen molar-refractivity contribution in [2.45, 2.75) is 26.7 Å². The van der Waals surface area contributed by atoms with Gasteiger partial charge in [0, 0.05) is 6.42 Å². The summed E-state index contributed by atoms with van der Waals surface area (Å²) < 4.78 is 15.0. The maximum Gasteiger partial charge on any atom is 0.338 e. The highest BCUT2D eigenvalue weighted by Crippen LogP contribution is 2.20. The van der Waals surface area contributed by atoms with Crippen LogP contribution in [0.2, 0.25) is 0 Å². The topological polar surface area (TPSA) is 61.8 Å². The van der Waals surface area contributed by atoms with Crippen molar-refractivity contribution < 1.29 is 23.8 Å². The van der Waals surface area contributed by atoms with E-state index in [2.05, 4.69) is 4.74 Å². The molecule has 5 nitrogen and oxygen atoms in total. The maximum atomic E-state index is 11.9. The highest BCUT2D eigenvalue weighted by atomic mass is 16.5. The van der Waals surface area contributed by atoms with Crippen molar-refractivity contribution in [2.24, 2.45) is 0 Å². The molecular formula is C15H20O5. The van der Waals surface area contributed by atoms with Crippen LogP contribution in [-0.4, -0.2) is 32.3 Å². The Balaban J connectivity index is 2.96. The number of esters is 2. The summed E-state index contributed by atoms with van der Waals surface area (Å²) in [5.41, 5.74) is 1.18. The zero-order valence-electron chi connectivity index (χ0n) is 12.1. The zero-order chi connectivity index (χ0) is 15.0. The number of rotatable bonds is 7. The van der Waals surface area contributed by atoms with Gasteiger partial charge in [0.15, 0.2) is 0 Å². The first-order chi connectivity index (χ1) is 9.62. The van der Waals surface area contributed by atoms with E-state index < -0.39 is 5.97 Å². The minimum absolute atomic E-state index is 0.207. The molecule has 0 aliphatic carbocycles. The minimum atomic E-state index is -0.393. The molecule has 0 saturated heterocycles. The number of hydrogen-bond acceptors (Lipinski definition) is 5. The van der Waals surface area contributed by atoms with Gasteiger partial charge in [-0.05, 0) is 44.0 Å². The summed E-state index contributed by atoms with van der Waals surface area (Å²) in [6.07, 6.45) is 0.611. The fourth-order valence-corrected chi connectivity index (χ4v) is 1.78. The lowest BCUT2D eigenvalue weighted by Crippen LogP contribution is -2.10. The Morgan fingerprint density at radius 2 is 1.90 bits per heavy atom. The Bertz CT molecular complexity index is 467. The number of hydrogen-bond donors (Lipinski definition) is 0. The second kappa shape index (κ2) is 8.19. The van der Waals surface area contributed by atoms with E-state index in [0.29, 0.717) is 30.9 Å². The zero-order valence-corrected chi connectivity index (χ0v) is 12.1. The Morgan fingerprint density at radius 1 is 1.15 bits per heavy atom. The summed E-state index contributed by atoms with van der Waals surface area (Å²) in [7, 11) is 1.34. The first-order valence-electron chi connectivity index (χ1n) is 6.62. The predicted molar refractivity (Wildman–Crippen MR) is 73.9 cm³/mol. The number of benzene rings is 1. The monoisotopic (exact) mass is 280 g/mol. The molecule has 1 aromatic rings. The average Bonchev–Trinajstić information content (AvgIpc) is 2.45. The van der Waals surface area contributed by atoms with Gasteiger partial charge >= 0.3 is 11.9 Å². The molecule has 110 valence electrons. The second-order valence-electron chi connectivity index (χ2n) is 4.05. The number of carbonyl (C=O) groups excluding carboxylic acids is 2. The first-order valence-corrected chi connectivity index (χ1v) is 6.62. The van der Waals surface area contributed by atoms with Crippen LogP contribution >= 0.6 is 0 Å². The molecule has 0 N–H and O–H groups in total. The molecule has 0 aromatic heterocycles. The normalized spacial score (nSPS) is 9.95. The highest BCUT2D eigenvalue weighted by molar-refractivity contribution is 5.91. The largest absolute Gasteiger partial charge is 0.494 e. The van der Waals surface area contributed by atoms with Crippen molar-refractivity contribution in [2.75, 3.05) is 20.3 Å². The van der Waals surface area contributed by atoms with E-state index in [1.165, 1.54) is 7.11 Å². The van der Waals surface area contributed by atoms with Crippen LogP contribution in [0.3, 0.4) is 0 Å². The van der Waals surface area contributed by atoms with E-state index in [4.69, 9.17) is 9.47 Å². The molecule has 0 bridgehead atoms. The average molecular weight is 280 g/mol. The number of methoxy groups -OCH3 is 1. The molecule has 0 aliphatic rings. The smallest absolute Gasteiger partial charge is 0.338 e. The van der Waals surface area contributed by atoms with Gasteiger partial charge in [-0.1, -0.05) is 0 Å². The summed E-state index contributed by atoms with van der Waals surface area (Å²) >= 11 is 0. The lowest BCUT2D eigenvalue weighted by atomic mass is 10.0. The summed E-state index contributed by atoms with van der Waals surface area (Å²) in [6, 6.07) is 5.14. The molecular weight excluding hydrogens is 260 g/mol. The van der Waals surface area contributed by atoms with Gasteiger partial charge in [0.2, 0.25) is 0 Å². The Morgan fingerprint density at radius 3 is 2.50 bits per heavy atom. The van der Waals surface area contributed by atoms with Crippen molar-refractivity contribution in [1.29, 1.82) is 0 Å². The van der Waals surface area contributed by atoms with Crippen LogP contribution in [0.15, 0.2) is 18.2 Å².